The fraction of sp³-hybridized carbons (Fsp3) is 0.0909. The average Bonchev–Trinajstić information content (AvgIpc) is 3.01. The van der Waals surface area contributed by atoms with Crippen molar-refractivity contribution in [2.75, 3.05) is 0 Å². The van der Waals surface area contributed by atoms with E-state index in [1.807, 2.05) is 49.4 Å². The summed E-state index contributed by atoms with van der Waals surface area (Å²) in [7, 11) is 0. The first kappa shape index (κ1) is 16.1. The minimum absolute atomic E-state index is 0.235. The van der Waals surface area contributed by atoms with Gasteiger partial charge in [0, 0.05) is 11.6 Å². The Kier molecular flexibility index (Phi) is 4.01. The Hall–Kier alpha value is -3.40. The molecule has 0 aliphatic rings. The summed E-state index contributed by atoms with van der Waals surface area (Å²) < 4.78 is 5.49. The molecule has 0 aliphatic heterocycles. The molecule has 128 valence electrons. The van der Waals surface area contributed by atoms with Crippen LogP contribution in [0.5, 0.6) is 5.95 Å². The second-order valence-electron chi connectivity index (χ2n) is 6.35. The van der Waals surface area contributed by atoms with Crippen LogP contribution < -0.4 is 0 Å². The first-order valence-corrected chi connectivity index (χ1v) is 8.41. The summed E-state index contributed by atoms with van der Waals surface area (Å²) in [4.78, 5) is 0. The molecular weight excluding hydrogens is 324 g/mol. The molecule has 0 radical (unpaired) electrons. The van der Waals surface area contributed by atoms with Crippen LogP contribution in [0.15, 0.2) is 81.4 Å². The summed E-state index contributed by atoms with van der Waals surface area (Å²) >= 11 is 0. The zero-order valence-corrected chi connectivity index (χ0v) is 14.6. The first-order chi connectivity index (χ1) is 12.6. The molecule has 4 aromatic rings. The van der Waals surface area contributed by atoms with E-state index in [-0.39, 0.29) is 5.95 Å². The second-order valence-corrected chi connectivity index (χ2v) is 6.35. The number of aryl methyl sites for hydroxylation is 2. The van der Waals surface area contributed by atoms with Gasteiger partial charge < -0.3 is 9.52 Å². The van der Waals surface area contributed by atoms with Crippen LogP contribution in [0.1, 0.15) is 11.1 Å². The van der Waals surface area contributed by atoms with Crippen molar-refractivity contribution in [2.45, 2.75) is 13.8 Å². The van der Waals surface area contributed by atoms with E-state index in [9.17, 15) is 5.11 Å². The summed E-state index contributed by atoms with van der Waals surface area (Å²) in [6.07, 6.45) is 0. The minimum atomic E-state index is -0.235. The molecule has 0 saturated heterocycles. The second kappa shape index (κ2) is 6.48. The van der Waals surface area contributed by atoms with Gasteiger partial charge in [-0.1, -0.05) is 54.1 Å². The van der Waals surface area contributed by atoms with Crippen LogP contribution in [-0.4, -0.2) is 5.11 Å². The molecule has 4 rings (SSSR count). The highest BCUT2D eigenvalue weighted by Crippen LogP contribution is 2.37. The van der Waals surface area contributed by atoms with Gasteiger partial charge in [-0.3, -0.25) is 0 Å². The van der Waals surface area contributed by atoms with E-state index in [1.54, 1.807) is 6.07 Å². The SMILES string of the molecule is Cc1ccc2cc(-c3cc(N=Nc4ccccc4C)c(O)o3)ccc2c1. The zero-order valence-electron chi connectivity index (χ0n) is 14.6. The van der Waals surface area contributed by atoms with Crippen LogP contribution in [0.2, 0.25) is 0 Å². The number of benzene rings is 3. The lowest BCUT2D eigenvalue weighted by atomic mass is 10.0. The van der Waals surface area contributed by atoms with Crippen LogP contribution in [0.25, 0.3) is 22.1 Å². The Morgan fingerprint density at radius 3 is 2.35 bits per heavy atom. The molecule has 0 saturated carbocycles. The molecular formula is C22H18N2O2. The van der Waals surface area contributed by atoms with Crippen molar-refractivity contribution in [1.29, 1.82) is 0 Å². The summed E-state index contributed by atoms with van der Waals surface area (Å²) in [5, 5.41) is 20.7. The van der Waals surface area contributed by atoms with E-state index in [0.717, 1.165) is 22.2 Å². The lowest BCUT2D eigenvalue weighted by molar-refractivity contribution is 0.339. The number of fused-ring (bicyclic) bond motifs is 1. The third-order valence-electron chi connectivity index (χ3n) is 4.35. The van der Waals surface area contributed by atoms with Gasteiger partial charge in [0.15, 0.2) is 5.69 Å². The van der Waals surface area contributed by atoms with Gasteiger partial charge in [0.2, 0.25) is 0 Å². The molecule has 26 heavy (non-hydrogen) atoms. The predicted molar refractivity (Wildman–Crippen MR) is 103 cm³/mol. The van der Waals surface area contributed by atoms with E-state index in [0.29, 0.717) is 11.4 Å². The van der Waals surface area contributed by atoms with Crippen molar-refractivity contribution in [3.63, 3.8) is 0 Å². The highest BCUT2D eigenvalue weighted by molar-refractivity contribution is 5.87. The lowest BCUT2D eigenvalue weighted by Gasteiger charge is -2.02. The highest BCUT2D eigenvalue weighted by Gasteiger charge is 2.12. The molecule has 1 N–H and O–H groups in total. The van der Waals surface area contributed by atoms with Gasteiger partial charge in [0.05, 0.1) is 5.69 Å². The normalized spacial score (nSPS) is 11.5. The van der Waals surface area contributed by atoms with Crippen LogP contribution in [-0.2, 0) is 0 Å². The van der Waals surface area contributed by atoms with Crippen molar-refractivity contribution in [1.82, 2.24) is 0 Å². The quantitative estimate of drug-likeness (QED) is 0.414. The zero-order chi connectivity index (χ0) is 18.1. The summed E-state index contributed by atoms with van der Waals surface area (Å²) in [5.41, 5.74) is 4.20. The summed E-state index contributed by atoms with van der Waals surface area (Å²) in [6, 6.07) is 21.7. The summed E-state index contributed by atoms with van der Waals surface area (Å²) in [6.45, 7) is 4.04. The highest BCUT2D eigenvalue weighted by atomic mass is 16.5. The van der Waals surface area contributed by atoms with Gasteiger partial charge in [0.25, 0.3) is 0 Å². The number of rotatable bonds is 3. The number of nitrogens with zero attached hydrogens (tertiary/aromatic N) is 2. The maximum atomic E-state index is 10.1. The van der Waals surface area contributed by atoms with E-state index >= 15 is 0 Å². The van der Waals surface area contributed by atoms with E-state index in [2.05, 4.69) is 35.4 Å². The molecule has 1 heterocycles. The molecule has 0 unspecified atom stereocenters. The van der Waals surface area contributed by atoms with Gasteiger partial charge in [-0.2, -0.15) is 5.11 Å². The molecule has 4 heteroatoms. The Bertz CT molecular complexity index is 1130. The van der Waals surface area contributed by atoms with Gasteiger partial charge in [-0.15, -0.1) is 5.11 Å². The Balaban J connectivity index is 1.68. The van der Waals surface area contributed by atoms with Crippen molar-refractivity contribution in [3.8, 4) is 17.3 Å². The van der Waals surface area contributed by atoms with E-state index in [4.69, 9.17) is 4.42 Å². The molecule has 0 amide bonds. The van der Waals surface area contributed by atoms with E-state index in [1.165, 1.54) is 10.9 Å². The lowest BCUT2D eigenvalue weighted by Crippen LogP contribution is -1.78. The molecule has 4 nitrogen and oxygen atoms in total. The molecule has 0 spiro atoms. The molecule has 1 aromatic heterocycles. The average molecular weight is 342 g/mol. The fourth-order valence-electron chi connectivity index (χ4n) is 2.89. The maximum absolute atomic E-state index is 10.1. The molecule has 0 fully saturated rings. The van der Waals surface area contributed by atoms with Crippen molar-refractivity contribution >= 4 is 22.1 Å². The van der Waals surface area contributed by atoms with Crippen molar-refractivity contribution < 1.29 is 9.52 Å². The van der Waals surface area contributed by atoms with Gasteiger partial charge in [-0.25, -0.2) is 0 Å². The van der Waals surface area contributed by atoms with Crippen molar-refractivity contribution in [3.05, 3.63) is 77.9 Å². The molecule has 0 atom stereocenters. The largest absolute Gasteiger partial charge is 0.479 e. The third-order valence-corrected chi connectivity index (χ3v) is 4.35. The van der Waals surface area contributed by atoms with Crippen LogP contribution >= 0.6 is 0 Å². The smallest absolute Gasteiger partial charge is 0.311 e. The van der Waals surface area contributed by atoms with Gasteiger partial charge >= 0.3 is 5.95 Å². The first-order valence-electron chi connectivity index (χ1n) is 8.41. The Morgan fingerprint density at radius 1 is 0.769 bits per heavy atom. The molecule has 3 aromatic carbocycles. The number of hydrogen-bond acceptors (Lipinski definition) is 4. The fourth-order valence-corrected chi connectivity index (χ4v) is 2.89. The van der Waals surface area contributed by atoms with Crippen LogP contribution in [0.3, 0.4) is 0 Å². The number of azo groups is 1. The van der Waals surface area contributed by atoms with E-state index < -0.39 is 0 Å². The monoisotopic (exact) mass is 342 g/mol. The standard InChI is InChI=1S/C22H18N2O2/c1-14-7-8-17-12-18(10-9-16(17)11-14)21-13-20(22(25)26-21)24-23-19-6-4-3-5-15(19)2/h3-13,25H,1-2H3. The van der Waals surface area contributed by atoms with Crippen molar-refractivity contribution in [2.24, 2.45) is 10.2 Å². The van der Waals surface area contributed by atoms with Gasteiger partial charge in [0.1, 0.15) is 5.76 Å². The number of aromatic hydroxyl groups is 1. The molecule has 0 aliphatic carbocycles. The Morgan fingerprint density at radius 2 is 1.50 bits per heavy atom. The molecule has 0 bridgehead atoms. The topological polar surface area (TPSA) is 58.1 Å². The number of hydrogen-bond donors (Lipinski definition) is 1. The van der Waals surface area contributed by atoms with Crippen LogP contribution in [0.4, 0.5) is 11.4 Å². The predicted octanol–water partition coefficient (Wildman–Crippen LogP) is 6.84. The third kappa shape index (κ3) is 3.09. The maximum Gasteiger partial charge on any atom is 0.311 e. The summed E-state index contributed by atoms with van der Waals surface area (Å²) in [5.74, 6) is 0.324. The minimum Gasteiger partial charge on any atom is -0.479 e. The Labute approximate surface area is 151 Å². The number of furan rings is 1. The van der Waals surface area contributed by atoms with Gasteiger partial charge in [-0.05, 0) is 42.3 Å². The van der Waals surface area contributed by atoms with Crippen LogP contribution in [0, 0.1) is 13.8 Å².